The SMILES string of the molecule is CN=C(NCC(C)c1ccsc1)N(C)CC(=O)NC(C)(C)C.I. The Labute approximate surface area is 161 Å². The highest BCUT2D eigenvalue weighted by molar-refractivity contribution is 14.0. The molecule has 1 unspecified atom stereocenters. The normalized spacial score (nSPS) is 13.0. The molecule has 5 nitrogen and oxygen atoms in total. The summed E-state index contributed by atoms with van der Waals surface area (Å²) in [7, 11) is 3.60. The van der Waals surface area contributed by atoms with Crippen LogP contribution in [-0.2, 0) is 4.79 Å². The molecule has 1 amide bonds. The number of guanidine groups is 1. The second kappa shape index (κ2) is 10.1. The van der Waals surface area contributed by atoms with Gasteiger partial charge in [-0.25, -0.2) is 0 Å². The number of amides is 1. The van der Waals surface area contributed by atoms with Crippen molar-refractivity contribution in [2.24, 2.45) is 4.99 Å². The highest BCUT2D eigenvalue weighted by Crippen LogP contribution is 2.17. The number of halogens is 1. The largest absolute Gasteiger partial charge is 0.356 e. The number of likely N-dealkylation sites (N-methyl/N-ethyl adjacent to an activating group) is 1. The van der Waals surface area contributed by atoms with E-state index in [1.807, 2.05) is 32.7 Å². The Morgan fingerprint density at radius 1 is 1.43 bits per heavy atom. The number of hydrogen-bond donors (Lipinski definition) is 2. The van der Waals surface area contributed by atoms with Crippen LogP contribution in [0.1, 0.15) is 39.2 Å². The van der Waals surface area contributed by atoms with E-state index in [2.05, 4.69) is 39.4 Å². The Balaban J connectivity index is 0.00000484. The molecule has 0 saturated carbocycles. The molecule has 0 spiro atoms. The van der Waals surface area contributed by atoms with Crippen LogP contribution in [0.2, 0.25) is 0 Å². The molecule has 0 radical (unpaired) electrons. The van der Waals surface area contributed by atoms with Gasteiger partial charge in [0.05, 0.1) is 6.54 Å². The second-order valence-corrected chi connectivity index (χ2v) is 7.32. The molecule has 7 heteroatoms. The fourth-order valence-electron chi connectivity index (χ4n) is 2.05. The van der Waals surface area contributed by atoms with Gasteiger partial charge in [-0.15, -0.1) is 24.0 Å². The van der Waals surface area contributed by atoms with Crippen LogP contribution in [0.5, 0.6) is 0 Å². The molecule has 0 saturated heterocycles. The van der Waals surface area contributed by atoms with E-state index < -0.39 is 0 Å². The summed E-state index contributed by atoms with van der Waals surface area (Å²) in [4.78, 5) is 18.1. The van der Waals surface area contributed by atoms with Crippen LogP contribution in [0, 0.1) is 0 Å². The Morgan fingerprint density at radius 3 is 2.57 bits per heavy atom. The summed E-state index contributed by atoms with van der Waals surface area (Å²) in [6, 6.07) is 2.14. The first-order chi connectivity index (χ1) is 10.2. The van der Waals surface area contributed by atoms with Gasteiger partial charge in [0.15, 0.2) is 5.96 Å². The van der Waals surface area contributed by atoms with Gasteiger partial charge in [0, 0.05) is 26.2 Å². The lowest BCUT2D eigenvalue weighted by Crippen LogP contribution is -2.49. The van der Waals surface area contributed by atoms with Crippen molar-refractivity contribution in [3.8, 4) is 0 Å². The van der Waals surface area contributed by atoms with Crippen molar-refractivity contribution >= 4 is 47.2 Å². The molecule has 1 aromatic heterocycles. The second-order valence-electron chi connectivity index (χ2n) is 6.54. The predicted octanol–water partition coefficient (Wildman–Crippen LogP) is 2.89. The fraction of sp³-hybridized carbons (Fsp3) is 0.625. The predicted molar refractivity (Wildman–Crippen MR) is 110 cm³/mol. The van der Waals surface area contributed by atoms with Crippen LogP contribution in [0.3, 0.4) is 0 Å². The smallest absolute Gasteiger partial charge is 0.240 e. The summed E-state index contributed by atoms with van der Waals surface area (Å²) in [6.45, 7) is 9.16. The molecule has 0 aliphatic heterocycles. The number of hydrogen-bond acceptors (Lipinski definition) is 3. The number of rotatable bonds is 5. The van der Waals surface area contributed by atoms with E-state index >= 15 is 0 Å². The number of nitrogens with one attached hydrogen (secondary N) is 2. The Kier molecular flexibility index (Phi) is 9.76. The maximum atomic E-state index is 12.0. The van der Waals surface area contributed by atoms with E-state index in [9.17, 15) is 4.79 Å². The molecule has 1 aromatic rings. The van der Waals surface area contributed by atoms with Gasteiger partial charge in [-0.05, 0) is 49.1 Å². The maximum Gasteiger partial charge on any atom is 0.240 e. The van der Waals surface area contributed by atoms with E-state index in [-0.39, 0.29) is 42.0 Å². The molecule has 1 heterocycles. The number of thiophene rings is 1. The summed E-state index contributed by atoms with van der Waals surface area (Å²) in [5.74, 6) is 1.12. The number of nitrogens with zero attached hydrogens (tertiary/aromatic N) is 2. The Hall–Kier alpha value is -0.830. The quantitative estimate of drug-likeness (QED) is 0.411. The monoisotopic (exact) mass is 452 g/mol. The zero-order chi connectivity index (χ0) is 16.8. The topological polar surface area (TPSA) is 56.7 Å². The third-order valence-corrected chi connectivity index (χ3v) is 3.85. The average Bonchev–Trinajstić information content (AvgIpc) is 2.90. The van der Waals surface area contributed by atoms with Crippen molar-refractivity contribution < 1.29 is 4.79 Å². The average molecular weight is 452 g/mol. The van der Waals surface area contributed by atoms with Crippen molar-refractivity contribution in [2.75, 3.05) is 27.2 Å². The molecule has 0 bridgehead atoms. The first kappa shape index (κ1) is 22.2. The molecule has 1 atom stereocenters. The third-order valence-electron chi connectivity index (χ3n) is 3.15. The van der Waals surface area contributed by atoms with Gasteiger partial charge >= 0.3 is 0 Å². The first-order valence-electron chi connectivity index (χ1n) is 7.48. The molecule has 0 fully saturated rings. The standard InChI is InChI=1S/C16H28N4OS.HI/c1-12(13-7-8-22-11-13)9-18-15(17-5)20(6)10-14(21)19-16(2,3)4;/h7-8,11-12H,9-10H2,1-6H3,(H,17,18)(H,19,21);1H. The van der Waals surface area contributed by atoms with Crippen molar-refractivity contribution in [3.05, 3.63) is 22.4 Å². The van der Waals surface area contributed by atoms with Gasteiger partial charge in [0.2, 0.25) is 5.91 Å². The summed E-state index contributed by atoms with van der Waals surface area (Å²) >= 11 is 1.71. The van der Waals surface area contributed by atoms with E-state index in [1.54, 1.807) is 18.4 Å². The lowest BCUT2D eigenvalue weighted by molar-refractivity contribution is -0.122. The van der Waals surface area contributed by atoms with E-state index in [4.69, 9.17) is 0 Å². The molecule has 23 heavy (non-hydrogen) atoms. The highest BCUT2D eigenvalue weighted by Gasteiger charge is 2.17. The first-order valence-corrected chi connectivity index (χ1v) is 8.42. The fourth-order valence-corrected chi connectivity index (χ4v) is 2.83. The Bertz CT molecular complexity index is 497. The van der Waals surface area contributed by atoms with E-state index in [1.165, 1.54) is 5.56 Å². The molecule has 1 rings (SSSR count). The Morgan fingerprint density at radius 2 is 2.09 bits per heavy atom. The van der Waals surface area contributed by atoms with Crippen molar-refractivity contribution in [2.45, 2.75) is 39.2 Å². The third kappa shape index (κ3) is 8.55. The minimum atomic E-state index is -0.220. The van der Waals surface area contributed by atoms with Crippen LogP contribution >= 0.6 is 35.3 Å². The summed E-state index contributed by atoms with van der Waals surface area (Å²) < 4.78 is 0. The molecule has 0 aromatic carbocycles. The summed E-state index contributed by atoms with van der Waals surface area (Å²) in [6.07, 6.45) is 0. The molecule has 0 aliphatic carbocycles. The van der Waals surface area contributed by atoms with Gasteiger partial charge in [-0.2, -0.15) is 11.3 Å². The van der Waals surface area contributed by atoms with Crippen molar-refractivity contribution in [1.82, 2.24) is 15.5 Å². The molecule has 0 aliphatic rings. The van der Waals surface area contributed by atoms with Crippen LogP contribution in [0.25, 0.3) is 0 Å². The van der Waals surface area contributed by atoms with E-state index in [0.717, 1.165) is 12.5 Å². The van der Waals surface area contributed by atoms with Crippen LogP contribution < -0.4 is 10.6 Å². The molecular weight excluding hydrogens is 423 g/mol. The molecule has 2 N–H and O–H groups in total. The van der Waals surface area contributed by atoms with Gasteiger partial charge in [0.25, 0.3) is 0 Å². The van der Waals surface area contributed by atoms with Crippen LogP contribution in [0.4, 0.5) is 0 Å². The van der Waals surface area contributed by atoms with Crippen molar-refractivity contribution in [1.29, 1.82) is 0 Å². The summed E-state index contributed by atoms with van der Waals surface area (Å²) in [5.41, 5.74) is 1.10. The number of carbonyl (C=O) groups excluding carboxylic acids is 1. The van der Waals surface area contributed by atoms with E-state index in [0.29, 0.717) is 5.92 Å². The minimum Gasteiger partial charge on any atom is -0.356 e. The lowest BCUT2D eigenvalue weighted by Gasteiger charge is -2.26. The van der Waals surface area contributed by atoms with Gasteiger partial charge in [-0.1, -0.05) is 6.92 Å². The van der Waals surface area contributed by atoms with Gasteiger partial charge < -0.3 is 15.5 Å². The lowest BCUT2D eigenvalue weighted by atomic mass is 10.1. The summed E-state index contributed by atoms with van der Waals surface area (Å²) in [5, 5.41) is 10.5. The zero-order valence-electron chi connectivity index (χ0n) is 14.8. The van der Waals surface area contributed by atoms with Gasteiger partial charge in [-0.3, -0.25) is 9.79 Å². The van der Waals surface area contributed by atoms with Crippen LogP contribution in [-0.4, -0.2) is 49.5 Å². The molecular formula is C16H29IN4OS. The zero-order valence-corrected chi connectivity index (χ0v) is 18.0. The maximum absolute atomic E-state index is 12.0. The molecule has 132 valence electrons. The van der Waals surface area contributed by atoms with Crippen LogP contribution in [0.15, 0.2) is 21.8 Å². The van der Waals surface area contributed by atoms with Crippen molar-refractivity contribution in [3.63, 3.8) is 0 Å². The van der Waals surface area contributed by atoms with Gasteiger partial charge in [0.1, 0.15) is 0 Å². The highest BCUT2D eigenvalue weighted by atomic mass is 127. The number of aliphatic imine (C=N–C) groups is 1. The number of carbonyl (C=O) groups is 1. The minimum absolute atomic E-state index is 0.